The van der Waals surface area contributed by atoms with Gasteiger partial charge in [-0.25, -0.2) is 9.97 Å². The number of carbonyl (C=O) groups is 1. The van der Waals surface area contributed by atoms with Crippen molar-refractivity contribution >= 4 is 23.1 Å². The summed E-state index contributed by atoms with van der Waals surface area (Å²) >= 11 is 0. The molecule has 1 aliphatic rings. The summed E-state index contributed by atoms with van der Waals surface area (Å²) in [5.74, 6) is 0.855. The number of nitrogens with one attached hydrogen (secondary N) is 2. The van der Waals surface area contributed by atoms with E-state index in [1.54, 1.807) is 6.20 Å². The molecular weight excluding hydrogens is 240 g/mol. The molecule has 0 aliphatic carbocycles. The van der Waals surface area contributed by atoms with E-state index in [1.807, 2.05) is 31.2 Å². The number of rotatable bonds is 2. The van der Waals surface area contributed by atoms with Crippen LogP contribution in [0.2, 0.25) is 0 Å². The van der Waals surface area contributed by atoms with Gasteiger partial charge in [-0.05, 0) is 36.2 Å². The molecule has 1 aromatic carbocycles. The molecule has 1 aliphatic heterocycles. The first-order valence-corrected chi connectivity index (χ1v) is 6.19. The Kier molecular flexibility index (Phi) is 2.87. The van der Waals surface area contributed by atoms with Crippen LogP contribution in [-0.2, 0) is 11.2 Å². The van der Waals surface area contributed by atoms with Crippen LogP contribution in [-0.4, -0.2) is 15.9 Å². The molecule has 3 rings (SSSR count). The Bertz CT molecular complexity index is 612. The van der Waals surface area contributed by atoms with E-state index in [0.717, 1.165) is 29.2 Å². The van der Waals surface area contributed by atoms with Crippen LogP contribution in [0, 0.1) is 5.92 Å². The topological polar surface area (TPSA) is 66.9 Å². The van der Waals surface area contributed by atoms with Crippen molar-refractivity contribution in [3.05, 3.63) is 42.4 Å². The van der Waals surface area contributed by atoms with Gasteiger partial charge in [0.15, 0.2) is 0 Å². The van der Waals surface area contributed by atoms with Crippen molar-refractivity contribution in [1.29, 1.82) is 0 Å². The Morgan fingerprint density at radius 3 is 3.05 bits per heavy atom. The molecule has 0 fully saturated rings. The lowest BCUT2D eigenvalue weighted by Crippen LogP contribution is -2.27. The maximum atomic E-state index is 11.6. The van der Waals surface area contributed by atoms with Gasteiger partial charge in [-0.2, -0.15) is 0 Å². The zero-order chi connectivity index (χ0) is 13.2. The summed E-state index contributed by atoms with van der Waals surface area (Å²) in [6.45, 7) is 1.93. The minimum Gasteiger partial charge on any atom is -0.340 e. The van der Waals surface area contributed by atoms with E-state index in [4.69, 9.17) is 0 Å². The third-order valence-electron chi connectivity index (χ3n) is 3.19. The monoisotopic (exact) mass is 254 g/mol. The number of aromatic nitrogens is 2. The Balaban J connectivity index is 1.86. The van der Waals surface area contributed by atoms with Crippen molar-refractivity contribution in [1.82, 2.24) is 9.97 Å². The highest BCUT2D eigenvalue weighted by atomic mass is 16.1. The standard InChI is InChI=1S/C14H14N4O/c1-9-6-10-7-11(2-3-12(10)18-14(9)19)17-13-4-5-15-8-16-13/h2-5,7-9H,6H2,1H3,(H,18,19)(H,15,16,17). The summed E-state index contributed by atoms with van der Waals surface area (Å²) in [4.78, 5) is 19.6. The zero-order valence-corrected chi connectivity index (χ0v) is 10.6. The van der Waals surface area contributed by atoms with Crippen LogP contribution < -0.4 is 10.6 Å². The third-order valence-corrected chi connectivity index (χ3v) is 3.19. The third kappa shape index (κ3) is 2.40. The molecule has 0 saturated carbocycles. The second kappa shape index (κ2) is 4.68. The highest BCUT2D eigenvalue weighted by Crippen LogP contribution is 2.28. The number of anilines is 3. The van der Waals surface area contributed by atoms with Crippen LogP contribution in [0.1, 0.15) is 12.5 Å². The fourth-order valence-corrected chi connectivity index (χ4v) is 2.15. The van der Waals surface area contributed by atoms with Crippen molar-refractivity contribution in [3.63, 3.8) is 0 Å². The molecule has 96 valence electrons. The Morgan fingerprint density at radius 2 is 2.26 bits per heavy atom. The van der Waals surface area contributed by atoms with Crippen molar-refractivity contribution in [2.75, 3.05) is 10.6 Å². The first kappa shape index (κ1) is 11.6. The van der Waals surface area contributed by atoms with Crippen LogP contribution in [0.4, 0.5) is 17.2 Å². The molecule has 5 nitrogen and oxygen atoms in total. The maximum Gasteiger partial charge on any atom is 0.227 e. The molecule has 0 radical (unpaired) electrons. The van der Waals surface area contributed by atoms with Gasteiger partial charge in [0.25, 0.3) is 0 Å². The smallest absolute Gasteiger partial charge is 0.227 e. The highest BCUT2D eigenvalue weighted by molar-refractivity contribution is 5.95. The SMILES string of the molecule is CC1Cc2cc(Nc3ccncn3)ccc2NC1=O. The first-order chi connectivity index (χ1) is 9.22. The largest absolute Gasteiger partial charge is 0.340 e. The predicted molar refractivity (Wildman–Crippen MR) is 73.3 cm³/mol. The second-order valence-corrected chi connectivity index (χ2v) is 4.69. The molecule has 1 amide bonds. The number of amides is 1. The summed E-state index contributed by atoms with van der Waals surface area (Å²) in [7, 11) is 0. The number of carbonyl (C=O) groups excluding carboxylic acids is 1. The minimum atomic E-state index is 0.0156. The average Bonchev–Trinajstić information content (AvgIpc) is 2.42. The molecule has 2 heterocycles. The van der Waals surface area contributed by atoms with Crippen molar-refractivity contribution in [2.24, 2.45) is 5.92 Å². The quantitative estimate of drug-likeness (QED) is 0.863. The van der Waals surface area contributed by atoms with Gasteiger partial charge >= 0.3 is 0 Å². The molecule has 0 spiro atoms. The maximum absolute atomic E-state index is 11.6. The van der Waals surface area contributed by atoms with Crippen LogP contribution in [0.25, 0.3) is 0 Å². The van der Waals surface area contributed by atoms with E-state index in [-0.39, 0.29) is 11.8 Å². The highest BCUT2D eigenvalue weighted by Gasteiger charge is 2.22. The molecule has 2 N–H and O–H groups in total. The molecule has 0 bridgehead atoms. The van der Waals surface area contributed by atoms with Gasteiger partial charge in [-0.1, -0.05) is 6.92 Å². The molecule has 1 atom stereocenters. The lowest BCUT2D eigenvalue weighted by molar-refractivity contribution is -0.119. The normalized spacial score (nSPS) is 17.5. The van der Waals surface area contributed by atoms with E-state index in [9.17, 15) is 4.79 Å². The van der Waals surface area contributed by atoms with Gasteiger partial charge in [0.2, 0.25) is 5.91 Å². The number of benzene rings is 1. The van der Waals surface area contributed by atoms with Gasteiger partial charge in [0.05, 0.1) is 0 Å². The fraction of sp³-hybridized carbons (Fsp3) is 0.214. The zero-order valence-electron chi connectivity index (χ0n) is 10.6. The summed E-state index contributed by atoms with van der Waals surface area (Å²) < 4.78 is 0. The molecule has 5 heteroatoms. The number of hydrogen-bond acceptors (Lipinski definition) is 4. The molecule has 19 heavy (non-hydrogen) atoms. The fourth-order valence-electron chi connectivity index (χ4n) is 2.15. The van der Waals surface area contributed by atoms with Gasteiger partial charge in [0.1, 0.15) is 12.1 Å². The van der Waals surface area contributed by atoms with Gasteiger partial charge in [0, 0.05) is 23.5 Å². The molecule has 1 unspecified atom stereocenters. The van der Waals surface area contributed by atoms with Crippen LogP contribution in [0.3, 0.4) is 0 Å². The summed E-state index contributed by atoms with van der Waals surface area (Å²) in [6, 6.07) is 7.71. The van der Waals surface area contributed by atoms with Crippen molar-refractivity contribution in [3.8, 4) is 0 Å². The van der Waals surface area contributed by atoms with E-state index >= 15 is 0 Å². The summed E-state index contributed by atoms with van der Waals surface area (Å²) in [5.41, 5.74) is 3.00. The average molecular weight is 254 g/mol. The van der Waals surface area contributed by atoms with E-state index in [1.165, 1.54) is 6.33 Å². The van der Waals surface area contributed by atoms with Gasteiger partial charge < -0.3 is 10.6 Å². The van der Waals surface area contributed by atoms with E-state index in [2.05, 4.69) is 20.6 Å². The Hall–Kier alpha value is -2.43. The lowest BCUT2D eigenvalue weighted by atomic mass is 9.94. The summed E-state index contributed by atoms with van der Waals surface area (Å²) in [6.07, 6.45) is 3.96. The van der Waals surface area contributed by atoms with Crippen LogP contribution in [0.15, 0.2) is 36.8 Å². The predicted octanol–water partition coefficient (Wildman–Crippen LogP) is 2.35. The van der Waals surface area contributed by atoms with Gasteiger partial charge in [-0.15, -0.1) is 0 Å². The van der Waals surface area contributed by atoms with E-state index in [0.29, 0.717) is 0 Å². The molecule has 1 aromatic heterocycles. The van der Waals surface area contributed by atoms with E-state index < -0.39 is 0 Å². The Labute approximate surface area is 111 Å². The lowest BCUT2D eigenvalue weighted by Gasteiger charge is -2.22. The Morgan fingerprint density at radius 1 is 1.37 bits per heavy atom. The number of hydrogen-bond donors (Lipinski definition) is 2. The second-order valence-electron chi connectivity index (χ2n) is 4.69. The number of fused-ring (bicyclic) bond motifs is 1. The number of nitrogens with zero attached hydrogens (tertiary/aromatic N) is 2. The minimum absolute atomic E-state index is 0.0156. The van der Waals surface area contributed by atoms with Crippen LogP contribution >= 0.6 is 0 Å². The summed E-state index contributed by atoms with van der Waals surface area (Å²) in [5, 5.41) is 6.12. The molecular formula is C14H14N4O. The van der Waals surface area contributed by atoms with Gasteiger partial charge in [-0.3, -0.25) is 4.79 Å². The van der Waals surface area contributed by atoms with Crippen molar-refractivity contribution in [2.45, 2.75) is 13.3 Å². The van der Waals surface area contributed by atoms with Crippen molar-refractivity contribution < 1.29 is 4.79 Å². The van der Waals surface area contributed by atoms with Crippen LogP contribution in [0.5, 0.6) is 0 Å². The first-order valence-electron chi connectivity index (χ1n) is 6.19. The molecule has 2 aromatic rings. The molecule has 0 saturated heterocycles.